The number of aromatic amines is 1. The molecule has 0 saturated carbocycles. The Morgan fingerprint density at radius 1 is 1.43 bits per heavy atom. The molecule has 3 N–H and O–H groups in total. The molecule has 1 amide bonds. The van der Waals surface area contributed by atoms with Gasteiger partial charge in [-0.05, 0) is 34.1 Å². The van der Waals surface area contributed by atoms with Gasteiger partial charge in [-0.25, -0.2) is 9.18 Å². The summed E-state index contributed by atoms with van der Waals surface area (Å²) in [5.41, 5.74) is -0.146. The fourth-order valence-electron chi connectivity index (χ4n) is 1.41. The molecule has 2 aromatic rings. The van der Waals surface area contributed by atoms with E-state index in [1.807, 2.05) is 0 Å². The minimum atomic E-state index is -1.19. The number of nitrogens with zero attached hydrogens (tertiary/aromatic N) is 1. The van der Waals surface area contributed by atoms with Crippen molar-refractivity contribution in [3.63, 3.8) is 0 Å². The maximum Gasteiger partial charge on any atom is 0.353 e. The zero-order valence-corrected chi connectivity index (χ0v) is 12.0. The van der Waals surface area contributed by atoms with Gasteiger partial charge in [-0.3, -0.25) is 9.89 Å². The van der Waals surface area contributed by atoms with Crippen LogP contribution in [0.5, 0.6) is 5.75 Å². The number of halogens is 2. The molecule has 0 spiro atoms. The van der Waals surface area contributed by atoms with Crippen LogP contribution in [0.15, 0.2) is 28.7 Å². The summed E-state index contributed by atoms with van der Waals surface area (Å²) in [5, 5.41) is 16.9. The number of anilines is 1. The average Bonchev–Trinajstić information content (AvgIpc) is 2.86. The highest BCUT2D eigenvalue weighted by atomic mass is 79.9. The predicted octanol–water partition coefficient (Wildman–Crippen LogP) is 2.03. The molecule has 0 saturated heterocycles. The van der Waals surface area contributed by atoms with E-state index in [1.54, 1.807) is 0 Å². The Kier molecular flexibility index (Phi) is 4.53. The van der Waals surface area contributed by atoms with Crippen molar-refractivity contribution in [2.24, 2.45) is 0 Å². The van der Waals surface area contributed by atoms with E-state index in [0.717, 1.165) is 0 Å². The number of nitrogens with one attached hydrogen (secondary N) is 2. The monoisotopic (exact) mass is 357 g/mol. The molecule has 0 aliphatic rings. The van der Waals surface area contributed by atoms with E-state index < -0.39 is 17.7 Å². The van der Waals surface area contributed by atoms with Gasteiger partial charge in [0.05, 0.1) is 4.47 Å². The predicted molar refractivity (Wildman–Crippen MR) is 73.8 cm³/mol. The van der Waals surface area contributed by atoms with Gasteiger partial charge in [0.25, 0.3) is 5.91 Å². The molecular weight excluding hydrogens is 349 g/mol. The van der Waals surface area contributed by atoms with Crippen molar-refractivity contribution in [2.45, 2.75) is 0 Å². The Balaban J connectivity index is 1.91. The van der Waals surface area contributed by atoms with Gasteiger partial charge in [-0.2, -0.15) is 5.10 Å². The van der Waals surface area contributed by atoms with E-state index in [0.29, 0.717) is 10.2 Å². The van der Waals surface area contributed by atoms with Gasteiger partial charge >= 0.3 is 5.97 Å². The Morgan fingerprint density at radius 3 is 2.81 bits per heavy atom. The summed E-state index contributed by atoms with van der Waals surface area (Å²) >= 11 is 3.10. The summed E-state index contributed by atoms with van der Waals surface area (Å²) in [7, 11) is 0. The summed E-state index contributed by atoms with van der Waals surface area (Å²) in [6.45, 7) is -0.334. The zero-order valence-electron chi connectivity index (χ0n) is 10.4. The van der Waals surface area contributed by atoms with Crippen LogP contribution >= 0.6 is 15.9 Å². The third-order valence-electron chi connectivity index (χ3n) is 2.33. The van der Waals surface area contributed by atoms with Gasteiger partial charge in [0.15, 0.2) is 12.4 Å². The van der Waals surface area contributed by atoms with Crippen molar-refractivity contribution >= 4 is 33.6 Å². The minimum absolute atomic E-state index is 0.0687. The molecule has 7 nitrogen and oxygen atoms in total. The lowest BCUT2D eigenvalue weighted by Crippen LogP contribution is -2.20. The summed E-state index contributed by atoms with van der Waals surface area (Å²) in [6, 6.07) is 4.96. The zero-order chi connectivity index (χ0) is 15.4. The van der Waals surface area contributed by atoms with Crippen molar-refractivity contribution in [3.05, 3.63) is 40.2 Å². The van der Waals surface area contributed by atoms with Gasteiger partial charge in [0, 0.05) is 6.07 Å². The summed E-state index contributed by atoms with van der Waals surface area (Å²) in [6.07, 6.45) is 0. The maximum absolute atomic E-state index is 12.9. The van der Waals surface area contributed by atoms with E-state index in [9.17, 15) is 14.0 Å². The number of carbonyl (C=O) groups excluding carboxylic acids is 1. The first-order valence-electron chi connectivity index (χ1n) is 5.62. The van der Waals surface area contributed by atoms with E-state index in [2.05, 4.69) is 31.4 Å². The molecule has 1 aromatic carbocycles. The Hall–Kier alpha value is -2.42. The number of H-pyrrole nitrogens is 1. The number of benzene rings is 1. The van der Waals surface area contributed by atoms with Crippen LogP contribution in [0, 0.1) is 5.82 Å². The first-order valence-corrected chi connectivity index (χ1v) is 6.41. The molecule has 1 heterocycles. The third kappa shape index (κ3) is 4.02. The number of ether oxygens (including phenoxy) is 1. The molecule has 2 rings (SSSR count). The maximum atomic E-state index is 12.9. The largest absolute Gasteiger partial charge is 0.483 e. The summed E-state index contributed by atoms with van der Waals surface area (Å²) in [5.74, 6) is -1.78. The molecule has 9 heteroatoms. The van der Waals surface area contributed by atoms with Crippen LogP contribution in [0.4, 0.5) is 10.2 Å². The van der Waals surface area contributed by atoms with E-state index >= 15 is 0 Å². The number of hydrogen-bond acceptors (Lipinski definition) is 4. The second kappa shape index (κ2) is 6.35. The highest BCUT2D eigenvalue weighted by Crippen LogP contribution is 2.25. The number of hydrogen-bond donors (Lipinski definition) is 3. The molecule has 0 atom stereocenters. The molecule has 0 fully saturated rings. The topological polar surface area (TPSA) is 104 Å². The lowest BCUT2D eigenvalue weighted by atomic mass is 10.3. The molecule has 0 aliphatic carbocycles. The Labute approximate surface area is 126 Å². The molecule has 0 bridgehead atoms. The minimum Gasteiger partial charge on any atom is -0.483 e. The first-order chi connectivity index (χ1) is 9.95. The highest BCUT2D eigenvalue weighted by molar-refractivity contribution is 9.10. The normalized spacial score (nSPS) is 10.2. The van der Waals surface area contributed by atoms with Crippen LogP contribution < -0.4 is 10.1 Å². The molecule has 0 unspecified atom stereocenters. The molecule has 0 radical (unpaired) electrons. The van der Waals surface area contributed by atoms with Crippen LogP contribution in [0.25, 0.3) is 0 Å². The number of carboxylic acids is 1. The third-order valence-corrected chi connectivity index (χ3v) is 2.95. The molecule has 21 heavy (non-hydrogen) atoms. The number of carbonyl (C=O) groups is 2. The SMILES string of the molecule is O=C(COc1ccc(F)cc1Br)Nc1cc(C(=O)O)[nH]n1. The first kappa shape index (κ1) is 15.0. The molecule has 0 aliphatic heterocycles. The summed E-state index contributed by atoms with van der Waals surface area (Å²) < 4.78 is 18.5. The van der Waals surface area contributed by atoms with Crippen molar-refractivity contribution in [1.82, 2.24) is 10.2 Å². The summed E-state index contributed by atoms with van der Waals surface area (Å²) in [4.78, 5) is 22.2. The standard InChI is InChI=1S/C12H9BrFN3O4/c13-7-3-6(14)1-2-9(7)21-5-11(18)15-10-4-8(12(19)20)16-17-10/h1-4H,5H2,(H,19,20)(H2,15,16,17,18). The molecule has 1 aromatic heterocycles. The van der Waals surface area contributed by atoms with Crippen LogP contribution in [0.3, 0.4) is 0 Å². The number of aromatic carboxylic acids is 1. The fourth-order valence-corrected chi connectivity index (χ4v) is 1.88. The van der Waals surface area contributed by atoms with Crippen molar-refractivity contribution in [2.75, 3.05) is 11.9 Å². The second-order valence-electron chi connectivity index (χ2n) is 3.88. The van der Waals surface area contributed by atoms with E-state index in [-0.39, 0.29) is 18.1 Å². The fraction of sp³-hybridized carbons (Fsp3) is 0.0833. The van der Waals surface area contributed by atoms with Crippen LogP contribution in [0.1, 0.15) is 10.5 Å². The number of aromatic nitrogens is 2. The molecule has 110 valence electrons. The van der Waals surface area contributed by atoms with E-state index in [1.165, 1.54) is 24.3 Å². The Morgan fingerprint density at radius 2 is 2.19 bits per heavy atom. The van der Waals surface area contributed by atoms with Gasteiger partial charge < -0.3 is 15.2 Å². The number of amides is 1. The Bertz CT molecular complexity index is 689. The molecular formula is C12H9BrFN3O4. The van der Waals surface area contributed by atoms with Crippen LogP contribution in [-0.4, -0.2) is 33.8 Å². The van der Waals surface area contributed by atoms with Gasteiger partial charge in [-0.1, -0.05) is 0 Å². The van der Waals surface area contributed by atoms with Gasteiger partial charge in [-0.15, -0.1) is 0 Å². The van der Waals surface area contributed by atoms with Crippen molar-refractivity contribution in [1.29, 1.82) is 0 Å². The van der Waals surface area contributed by atoms with Crippen LogP contribution in [0.2, 0.25) is 0 Å². The lowest BCUT2D eigenvalue weighted by Gasteiger charge is -2.07. The number of rotatable bonds is 5. The van der Waals surface area contributed by atoms with Crippen LogP contribution in [-0.2, 0) is 4.79 Å². The quantitative estimate of drug-likeness (QED) is 0.759. The average molecular weight is 358 g/mol. The highest BCUT2D eigenvalue weighted by Gasteiger charge is 2.11. The second-order valence-corrected chi connectivity index (χ2v) is 4.74. The number of carboxylic acid groups (broad SMARTS) is 1. The van der Waals surface area contributed by atoms with Crippen molar-refractivity contribution in [3.8, 4) is 5.75 Å². The van der Waals surface area contributed by atoms with Crippen molar-refractivity contribution < 1.29 is 23.8 Å². The lowest BCUT2D eigenvalue weighted by molar-refractivity contribution is -0.118. The smallest absolute Gasteiger partial charge is 0.353 e. The van der Waals surface area contributed by atoms with E-state index in [4.69, 9.17) is 9.84 Å². The van der Waals surface area contributed by atoms with Gasteiger partial charge in [0.1, 0.15) is 17.3 Å². The van der Waals surface area contributed by atoms with Gasteiger partial charge in [0.2, 0.25) is 0 Å².